The first-order chi connectivity index (χ1) is 13.7. The molecule has 2 heterocycles. The molecule has 5 nitrogen and oxygen atoms in total. The number of hydrogen-bond donors (Lipinski definition) is 0. The van der Waals surface area contributed by atoms with Crippen LogP contribution >= 0.6 is 0 Å². The molecule has 0 atom stereocenters. The Hall–Kier alpha value is -3.08. The van der Waals surface area contributed by atoms with E-state index in [4.69, 9.17) is 4.52 Å². The van der Waals surface area contributed by atoms with Gasteiger partial charge in [-0.1, -0.05) is 65.8 Å². The van der Waals surface area contributed by atoms with Gasteiger partial charge in [0, 0.05) is 32.1 Å². The van der Waals surface area contributed by atoms with Gasteiger partial charge in [-0.15, -0.1) is 0 Å². The molecule has 1 fully saturated rings. The number of benzene rings is 2. The molecule has 5 heteroatoms. The Kier molecular flexibility index (Phi) is 5.42. The molecule has 1 saturated heterocycles. The van der Waals surface area contributed by atoms with Crippen molar-refractivity contribution >= 4 is 11.8 Å². The second kappa shape index (κ2) is 8.30. The topological polar surface area (TPSA) is 49.6 Å². The Labute approximate surface area is 165 Å². The van der Waals surface area contributed by atoms with Crippen LogP contribution in [0.5, 0.6) is 0 Å². The summed E-state index contributed by atoms with van der Waals surface area (Å²) < 4.78 is 5.80. The van der Waals surface area contributed by atoms with Gasteiger partial charge in [0.25, 0.3) is 0 Å². The van der Waals surface area contributed by atoms with Crippen LogP contribution in [0, 0.1) is 0 Å². The molecule has 1 aliphatic heterocycles. The molecule has 0 aliphatic carbocycles. The van der Waals surface area contributed by atoms with Crippen molar-refractivity contribution in [3.63, 3.8) is 0 Å². The molecule has 1 aliphatic rings. The van der Waals surface area contributed by atoms with Crippen LogP contribution in [0.25, 0.3) is 11.3 Å². The van der Waals surface area contributed by atoms with Gasteiger partial charge in [0.05, 0.1) is 12.1 Å². The Morgan fingerprint density at radius 1 is 1.00 bits per heavy atom. The molecule has 0 N–H and O–H groups in total. The Morgan fingerprint density at radius 3 is 2.29 bits per heavy atom. The van der Waals surface area contributed by atoms with E-state index in [1.807, 2.05) is 65.6 Å². The van der Waals surface area contributed by atoms with E-state index in [1.54, 1.807) is 6.92 Å². The van der Waals surface area contributed by atoms with E-state index in [2.05, 4.69) is 10.1 Å². The first kappa shape index (κ1) is 18.3. The molecule has 0 bridgehead atoms. The SMILES string of the molecule is CC(=O)N(Cc1ccccc1)Cc1c(-c2ccccc2)noc1N1CCCC1. The predicted molar refractivity (Wildman–Crippen MR) is 110 cm³/mol. The molecule has 144 valence electrons. The number of aromatic nitrogens is 1. The van der Waals surface area contributed by atoms with Crippen LogP contribution in [-0.4, -0.2) is 29.1 Å². The second-order valence-electron chi connectivity index (χ2n) is 7.24. The third kappa shape index (κ3) is 3.93. The van der Waals surface area contributed by atoms with Crippen molar-refractivity contribution in [1.82, 2.24) is 10.1 Å². The highest BCUT2D eigenvalue weighted by molar-refractivity contribution is 5.75. The zero-order chi connectivity index (χ0) is 19.3. The average Bonchev–Trinajstić information content (AvgIpc) is 3.38. The number of carbonyl (C=O) groups is 1. The average molecular weight is 375 g/mol. The Balaban J connectivity index is 1.69. The van der Waals surface area contributed by atoms with Gasteiger partial charge < -0.3 is 14.3 Å². The maximum atomic E-state index is 12.4. The number of nitrogens with zero attached hydrogens (tertiary/aromatic N) is 3. The van der Waals surface area contributed by atoms with Gasteiger partial charge in [-0.05, 0) is 18.4 Å². The van der Waals surface area contributed by atoms with E-state index < -0.39 is 0 Å². The van der Waals surface area contributed by atoms with Gasteiger partial charge >= 0.3 is 0 Å². The third-order valence-corrected chi connectivity index (χ3v) is 5.22. The zero-order valence-electron chi connectivity index (χ0n) is 16.2. The second-order valence-corrected chi connectivity index (χ2v) is 7.24. The van der Waals surface area contributed by atoms with Gasteiger partial charge in [-0.3, -0.25) is 4.79 Å². The van der Waals surface area contributed by atoms with Crippen molar-refractivity contribution in [1.29, 1.82) is 0 Å². The van der Waals surface area contributed by atoms with Crippen LogP contribution in [0.15, 0.2) is 65.2 Å². The summed E-state index contributed by atoms with van der Waals surface area (Å²) in [5.41, 5.74) is 3.93. The molecule has 0 saturated carbocycles. The van der Waals surface area contributed by atoms with Crippen molar-refractivity contribution in [2.24, 2.45) is 0 Å². The number of rotatable bonds is 6. The van der Waals surface area contributed by atoms with Gasteiger partial charge in [0.2, 0.25) is 11.8 Å². The molecular formula is C23H25N3O2. The van der Waals surface area contributed by atoms with Crippen LogP contribution in [-0.2, 0) is 17.9 Å². The molecule has 0 spiro atoms. The van der Waals surface area contributed by atoms with Crippen LogP contribution in [0.2, 0.25) is 0 Å². The summed E-state index contributed by atoms with van der Waals surface area (Å²) >= 11 is 0. The minimum Gasteiger partial charge on any atom is -0.340 e. The maximum Gasteiger partial charge on any atom is 0.232 e. The smallest absolute Gasteiger partial charge is 0.232 e. The van der Waals surface area contributed by atoms with Gasteiger partial charge in [0.15, 0.2) is 0 Å². The molecule has 3 aromatic rings. The molecule has 2 aromatic carbocycles. The van der Waals surface area contributed by atoms with E-state index in [-0.39, 0.29) is 5.91 Å². The third-order valence-electron chi connectivity index (χ3n) is 5.22. The molecule has 1 amide bonds. The monoisotopic (exact) mass is 375 g/mol. The number of hydrogen-bond acceptors (Lipinski definition) is 4. The van der Waals surface area contributed by atoms with Crippen LogP contribution in [0.3, 0.4) is 0 Å². The van der Waals surface area contributed by atoms with Crippen LogP contribution in [0.4, 0.5) is 5.88 Å². The first-order valence-electron chi connectivity index (χ1n) is 9.81. The Bertz CT molecular complexity index is 916. The number of carbonyl (C=O) groups excluding carboxylic acids is 1. The maximum absolute atomic E-state index is 12.4. The molecular weight excluding hydrogens is 350 g/mol. The summed E-state index contributed by atoms with van der Waals surface area (Å²) in [6.07, 6.45) is 2.31. The lowest BCUT2D eigenvalue weighted by Gasteiger charge is -2.23. The van der Waals surface area contributed by atoms with Crippen molar-refractivity contribution in [3.05, 3.63) is 71.8 Å². The van der Waals surface area contributed by atoms with E-state index in [1.165, 1.54) is 0 Å². The van der Waals surface area contributed by atoms with Crippen LogP contribution in [0.1, 0.15) is 30.9 Å². The molecule has 4 rings (SSSR count). The fourth-order valence-corrected chi connectivity index (χ4v) is 3.71. The van der Waals surface area contributed by atoms with E-state index in [9.17, 15) is 4.79 Å². The highest BCUT2D eigenvalue weighted by Crippen LogP contribution is 2.34. The van der Waals surface area contributed by atoms with Gasteiger partial charge in [-0.25, -0.2) is 0 Å². The van der Waals surface area contributed by atoms with Gasteiger partial charge in [0.1, 0.15) is 5.69 Å². The normalized spacial score (nSPS) is 13.7. The summed E-state index contributed by atoms with van der Waals surface area (Å²) in [6.45, 7) is 4.59. The minimum absolute atomic E-state index is 0.0384. The summed E-state index contributed by atoms with van der Waals surface area (Å²) in [6, 6.07) is 20.1. The van der Waals surface area contributed by atoms with E-state index in [0.29, 0.717) is 13.1 Å². The molecule has 0 unspecified atom stereocenters. The van der Waals surface area contributed by atoms with Crippen LogP contribution < -0.4 is 4.90 Å². The van der Waals surface area contributed by atoms with E-state index in [0.717, 1.165) is 54.2 Å². The number of amides is 1. The van der Waals surface area contributed by atoms with Crippen molar-refractivity contribution in [3.8, 4) is 11.3 Å². The minimum atomic E-state index is 0.0384. The lowest BCUT2D eigenvalue weighted by molar-refractivity contribution is -0.130. The molecule has 1 aromatic heterocycles. The quantitative estimate of drug-likeness (QED) is 0.637. The largest absolute Gasteiger partial charge is 0.340 e. The highest BCUT2D eigenvalue weighted by atomic mass is 16.5. The zero-order valence-corrected chi connectivity index (χ0v) is 16.2. The van der Waals surface area contributed by atoms with Crippen molar-refractivity contribution < 1.29 is 9.32 Å². The number of anilines is 1. The predicted octanol–water partition coefficient (Wildman–Crippen LogP) is 4.49. The standard InChI is InChI=1S/C23H25N3O2/c1-18(27)26(16-19-10-4-2-5-11-19)17-21-22(20-12-6-3-7-13-20)24-28-23(21)25-14-8-9-15-25/h2-7,10-13H,8-9,14-17H2,1H3. The first-order valence-corrected chi connectivity index (χ1v) is 9.81. The van der Waals surface area contributed by atoms with Crippen molar-refractivity contribution in [2.45, 2.75) is 32.9 Å². The van der Waals surface area contributed by atoms with E-state index >= 15 is 0 Å². The summed E-state index contributed by atoms with van der Waals surface area (Å²) in [5, 5.41) is 4.40. The summed E-state index contributed by atoms with van der Waals surface area (Å²) in [5.74, 6) is 0.840. The lowest BCUT2D eigenvalue weighted by Crippen LogP contribution is -2.29. The lowest BCUT2D eigenvalue weighted by atomic mass is 10.1. The molecule has 28 heavy (non-hydrogen) atoms. The molecule has 0 radical (unpaired) electrons. The van der Waals surface area contributed by atoms with Crippen molar-refractivity contribution in [2.75, 3.05) is 18.0 Å². The fraction of sp³-hybridized carbons (Fsp3) is 0.304. The van der Waals surface area contributed by atoms with Gasteiger partial charge in [-0.2, -0.15) is 0 Å². The highest BCUT2D eigenvalue weighted by Gasteiger charge is 2.26. The Morgan fingerprint density at radius 2 is 1.64 bits per heavy atom. The summed E-state index contributed by atoms with van der Waals surface area (Å²) in [7, 11) is 0. The summed E-state index contributed by atoms with van der Waals surface area (Å²) in [4.78, 5) is 16.5. The fourth-order valence-electron chi connectivity index (χ4n) is 3.71.